The second-order valence-electron chi connectivity index (χ2n) is 3.32. The van der Waals surface area contributed by atoms with Crippen molar-refractivity contribution in [3.8, 4) is 11.5 Å². The van der Waals surface area contributed by atoms with Crippen molar-refractivity contribution < 1.29 is 19.4 Å². The van der Waals surface area contributed by atoms with Crippen molar-refractivity contribution in [1.82, 2.24) is 0 Å². The highest BCUT2D eigenvalue weighted by Crippen LogP contribution is 2.30. The molecule has 0 aliphatic carbocycles. The van der Waals surface area contributed by atoms with Crippen LogP contribution in [0.15, 0.2) is 18.2 Å². The molecule has 15 heavy (non-hydrogen) atoms. The second-order valence-corrected chi connectivity index (χ2v) is 3.32. The van der Waals surface area contributed by atoms with Gasteiger partial charge >= 0.3 is 0 Å². The van der Waals surface area contributed by atoms with Crippen LogP contribution in [0.2, 0.25) is 0 Å². The maximum absolute atomic E-state index is 11.5. The lowest BCUT2D eigenvalue weighted by atomic mass is 10.0. The molecule has 3 N–H and O–H groups in total. The number of primary amides is 1. The Morgan fingerprint density at radius 1 is 1.53 bits per heavy atom. The number of phenolic OH excluding ortho intramolecular Hbond substituents is 1. The van der Waals surface area contributed by atoms with Gasteiger partial charge in [0.15, 0.2) is 11.9 Å². The molecule has 1 amide bonds. The van der Waals surface area contributed by atoms with Gasteiger partial charge in [-0.25, -0.2) is 0 Å². The van der Waals surface area contributed by atoms with Gasteiger partial charge in [0.1, 0.15) is 11.5 Å². The van der Waals surface area contributed by atoms with Gasteiger partial charge in [-0.2, -0.15) is 0 Å². The van der Waals surface area contributed by atoms with Crippen molar-refractivity contribution in [2.45, 2.75) is 12.5 Å². The highest BCUT2D eigenvalue weighted by atomic mass is 16.5. The Balaban J connectivity index is 2.41. The summed E-state index contributed by atoms with van der Waals surface area (Å²) in [4.78, 5) is 22.4. The number of Topliss-reactive ketones (excluding diaryl/α,β-unsaturated/α-hetero) is 1. The first-order valence-corrected chi connectivity index (χ1v) is 4.40. The fourth-order valence-corrected chi connectivity index (χ4v) is 1.47. The Hall–Kier alpha value is -2.04. The minimum atomic E-state index is -0.938. The zero-order valence-electron chi connectivity index (χ0n) is 7.77. The summed E-state index contributed by atoms with van der Waals surface area (Å²) in [5.41, 5.74) is 5.41. The topological polar surface area (TPSA) is 89.6 Å². The Morgan fingerprint density at radius 3 is 2.93 bits per heavy atom. The number of nitrogens with two attached hydrogens (primary N) is 1. The molecule has 1 unspecified atom stereocenters. The quantitative estimate of drug-likeness (QED) is 0.688. The van der Waals surface area contributed by atoms with E-state index < -0.39 is 12.0 Å². The monoisotopic (exact) mass is 207 g/mol. The number of rotatable bonds is 1. The molecule has 1 aliphatic heterocycles. The normalized spacial score (nSPS) is 19.2. The molecular weight excluding hydrogens is 198 g/mol. The van der Waals surface area contributed by atoms with Crippen LogP contribution in [0, 0.1) is 0 Å². The molecule has 1 aromatic carbocycles. The average Bonchev–Trinajstić information content (AvgIpc) is 2.16. The van der Waals surface area contributed by atoms with Crippen LogP contribution < -0.4 is 10.5 Å². The van der Waals surface area contributed by atoms with E-state index in [9.17, 15) is 14.7 Å². The number of amides is 1. The molecule has 0 saturated heterocycles. The van der Waals surface area contributed by atoms with Crippen LogP contribution in [0.3, 0.4) is 0 Å². The Morgan fingerprint density at radius 2 is 2.27 bits per heavy atom. The summed E-state index contributed by atoms with van der Waals surface area (Å²) in [5.74, 6) is -0.709. The third kappa shape index (κ3) is 1.63. The minimum Gasteiger partial charge on any atom is -0.508 e. The van der Waals surface area contributed by atoms with Crippen LogP contribution >= 0.6 is 0 Å². The fourth-order valence-electron chi connectivity index (χ4n) is 1.47. The Bertz CT molecular complexity index is 441. The lowest BCUT2D eigenvalue weighted by molar-refractivity contribution is -0.124. The first-order valence-electron chi connectivity index (χ1n) is 4.40. The lowest BCUT2D eigenvalue weighted by Crippen LogP contribution is -2.38. The number of hydrogen-bond acceptors (Lipinski definition) is 4. The van der Waals surface area contributed by atoms with Crippen LogP contribution in [0.5, 0.6) is 11.5 Å². The number of benzene rings is 1. The van der Waals surface area contributed by atoms with E-state index in [2.05, 4.69) is 0 Å². The summed E-state index contributed by atoms with van der Waals surface area (Å²) in [6.07, 6.45) is -0.987. The summed E-state index contributed by atoms with van der Waals surface area (Å²) in [5, 5.41) is 9.19. The summed E-state index contributed by atoms with van der Waals surface area (Å²) < 4.78 is 5.19. The first-order chi connectivity index (χ1) is 7.08. The number of hydrogen-bond donors (Lipinski definition) is 2. The summed E-state index contributed by atoms with van der Waals surface area (Å²) >= 11 is 0. The van der Waals surface area contributed by atoms with Crippen molar-refractivity contribution in [2.75, 3.05) is 0 Å². The summed E-state index contributed by atoms with van der Waals surface area (Å²) in [7, 11) is 0. The van der Waals surface area contributed by atoms with E-state index in [1.807, 2.05) is 0 Å². The predicted octanol–water partition coefficient (Wildman–Crippen LogP) is 0.211. The van der Waals surface area contributed by atoms with Crippen molar-refractivity contribution >= 4 is 11.7 Å². The Kier molecular flexibility index (Phi) is 2.07. The molecule has 2 rings (SSSR count). The highest BCUT2D eigenvalue weighted by molar-refractivity contribution is 6.03. The van der Waals surface area contributed by atoms with E-state index >= 15 is 0 Å². The van der Waals surface area contributed by atoms with Crippen molar-refractivity contribution in [2.24, 2.45) is 5.73 Å². The van der Waals surface area contributed by atoms with E-state index in [0.717, 1.165) is 0 Å². The van der Waals surface area contributed by atoms with Crippen molar-refractivity contribution in [3.63, 3.8) is 0 Å². The molecule has 78 valence electrons. The summed E-state index contributed by atoms with van der Waals surface area (Å²) in [6.45, 7) is 0. The molecule has 0 saturated carbocycles. The fraction of sp³-hybridized carbons (Fsp3) is 0.200. The maximum Gasteiger partial charge on any atom is 0.258 e. The van der Waals surface area contributed by atoms with Gasteiger partial charge in [-0.05, 0) is 12.1 Å². The number of carbonyl (C=O) groups is 2. The number of ether oxygens (including phenoxy) is 1. The van der Waals surface area contributed by atoms with Gasteiger partial charge in [0.25, 0.3) is 5.91 Å². The predicted molar refractivity (Wildman–Crippen MR) is 50.7 cm³/mol. The number of ketones is 1. The van der Waals surface area contributed by atoms with E-state index in [1.165, 1.54) is 18.2 Å². The number of fused-ring (bicyclic) bond motifs is 1. The van der Waals surface area contributed by atoms with E-state index in [4.69, 9.17) is 10.5 Å². The van der Waals surface area contributed by atoms with E-state index in [-0.39, 0.29) is 23.7 Å². The van der Waals surface area contributed by atoms with Gasteiger partial charge in [0.2, 0.25) is 0 Å². The number of aromatic hydroxyl groups is 1. The number of phenols is 1. The minimum absolute atomic E-state index is 0.0216. The molecule has 0 radical (unpaired) electrons. The number of carbonyl (C=O) groups excluding carboxylic acids is 2. The molecule has 0 aromatic heterocycles. The van der Waals surface area contributed by atoms with Gasteiger partial charge in [-0.1, -0.05) is 0 Å². The molecular formula is C10H9NO4. The standard InChI is InChI=1S/C10H9NO4/c11-10(14)9-4-7(13)6-2-1-5(12)3-8(6)15-9/h1-3,9,12H,4H2,(H2,11,14). The third-order valence-electron chi connectivity index (χ3n) is 2.22. The molecule has 0 spiro atoms. The zero-order valence-corrected chi connectivity index (χ0v) is 7.77. The van der Waals surface area contributed by atoms with Gasteiger partial charge in [-0.15, -0.1) is 0 Å². The third-order valence-corrected chi connectivity index (χ3v) is 2.22. The molecule has 1 aliphatic rings. The van der Waals surface area contributed by atoms with Crippen molar-refractivity contribution in [1.29, 1.82) is 0 Å². The summed E-state index contributed by atoms with van der Waals surface area (Å²) in [6, 6.07) is 4.15. The van der Waals surface area contributed by atoms with Crippen LogP contribution in [-0.4, -0.2) is 22.9 Å². The van der Waals surface area contributed by atoms with Gasteiger partial charge < -0.3 is 15.6 Å². The molecule has 5 heteroatoms. The highest BCUT2D eigenvalue weighted by Gasteiger charge is 2.30. The van der Waals surface area contributed by atoms with Crippen LogP contribution in [0.1, 0.15) is 16.8 Å². The molecule has 5 nitrogen and oxygen atoms in total. The van der Waals surface area contributed by atoms with Crippen molar-refractivity contribution in [3.05, 3.63) is 23.8 Å². The van der Waals surface area contributed by atoms with Crippen LogP contribution in [0.4, 0.5) is 0 Å². The maximum atomic E-state index is 11.5. The van der Waals surface area contributed by atoms with Gasteiger partial charge in [0, 0.05) is 6.07 Å². The van der Waals surface area contributed by atoms with E-state index in [0.29, 0.717) is 5.56 Å². The molecule has 1 heterocycles. The largest absolute Gasteiger partial charge is 0.508 e. The second kappa shape index (κ2) is 3.27. The van der Waals surface area contributed by atoms with Gasteiger partial charge in [-0.3, -0.25) is 9.59 Å². The van der Waals surface area contributed by atoms with Crippen LogP contribution in [0.25, 0.3) is 0 Å². The first kappa shape index (κ1) is 9.51. The van der Waals surface area contributed by atoms with Crippen LogP contribution in [-0.2, 0) is 4.79 Å². The SMILES string of the molecule is NC(=O)C1CC(=O)c2ccc(O)cc2O1. The average molecular weight is 207 g/mol. The molecule has 0 fully saturated rings. The Labute approximate surface area is 85.5 Å². The smallest absolute Gasteiger partial charge is 0.258 e. The van der Waals surface area contributed by atoms with Gasteiger partial charge in [0.05, 0.1) is 12.0 Å². The molecule has 1 atom stereocenters. The molecule has 0 bridgehead atoms. The lowest BCUT2D eigenvalue weighted by Gasteiger charge is -2.22. The zero-order chi connectivity index (χ0) is 11.0. The van der Waals surface area contributed by atoms with E-state index in [1.54, 1.807) is 0 Å². The molecule has 1 aromatic rings.